The Kier molecular flexibility index (Phi) is 2.81. The second-order valence-electron chi connectivity index (χ2n) is 3.68. The molecule has 0 atom stereocenters. The molecule has 0 radical (unpaired) electrons. The van der Waals surface area contributed by atoms with Crippen LogP contribution in [-0.2, 0) is 0 Å². The first-order valence-electron chi connectivity index (χ1n) is 5.17. The van der Waals surface area contributed by atoms with E-state index < -0.39 is 0 Å². The molecule has 0 bridgehead atoms. The first-order valence-corrected chi connectivity index (χ1v) is 5.17. The van der Waals surface area contributed by atoms with Crippen LogP contribution in [0.25, 0.3) is 0 Å². The smallest absolute Gasteiger partial charge is 0.122 e. The third kappa shape index (κ3) is 2.43. The lowest BCUT2D eigenvalue weighted by atomic mass is 10.2. The first kappa shape index (κ1) is 9.90. The van der Waals surface area contributed by atoms with Gasteiger partial charge in [-0.1, -0.05) is 18.2 Å². The van der Waals surface area contributed by atoms with Crippen molar-refractivity contribution in [2.24, 2.45) is 9.98 Å². The van der Waals surface area contributed by atoms with Crippen LogP contribution < -0.4 is 5.32 Å². The van der Waals surface area contributed by atoms with Gasteiger partial charge in [-0.25, -0.2) is 4.99 Å². The number of para-hydroxylation sites is 1. The van der Waals surface area contributed by atoms with Gasteiger partial charge in [0.1, 0.15) is 11.7 Å². The number of amidine groups is 2. The topological polar surface area (TPSA) is 36.8 Å². The number of nitrogens with one attached hydrogen (secondary N) is 1. The summed E-state index contributed by atoms with van der Waals surface area (Å²) in [6, 6.07) is 8.22. The zero-order chi connectivity index (χ0) is 10.7. The van der Waals surface area contributed by atoms with Gasteiger partial charge in [0.2, 0.25) is 0 Å². The molecule has 15 heavy (non-hydrogen) atoms. The number of anilines is 1. The molecule has 3 nitrogen and oxygen atoms in total. The van der Waals surface area contributed by atoms with Crippen molar-refractivity contribution >= 4 is 17.4 Å². The third-order valence-electron chi connectivity index (χ3n) is 2.41. The number of rotatable bonds is 1. The summed E-state index contributed by atoms with van der Waals surface area (Å²) in [5, 5.41) is 3.35. The SMILES string of the molecule is CC1=NCCC(Nc2ccccc2C)=N1. The summed E-state index contributed by atoms with van der Waals surface area (Å²) in [5.41, 5.74) is 2.37. The number of hydrogen-bond donors (Lipinski definition) is 1. The maximum Gasteiger partial charge on any atom is 0.122 e. The molecule has 0 aromatic heterocycles. The predicted molar refractivity (Wildman–Crippen MR) is 64.8 cm³/mol. The lowest BCUT2D eigenvalue weighted by Gasteiger charge is -2.14. The van der Waals surface area contributed by atoms with Crippen molar-refractivity contribution in [1.29, 1.82) is 0 Å². The molecule has 1 N–H and O–H groups in total. The Bertz CT molecular complexity index is 419. The van der Waals surface area contributed by atoms with Gasteiger partial charge in [0, 0.05) is 18.7 Å². The van der Waals surface area contributed by atoms with E-state index in [9.17, 15) is 0 Å². The van der Waals surface area contributed by atoms with Gasteiger partial charge in [0.05, 0.1) is 0 Å². The largest absolute Gasteiger partial charge is 0.343 e. The molecule has 0 saturated heterocycles. The minimum absolute atomic E-state index is 0.837. The Hall–Kier alpha value is -1.64. The monoisotopic (exact) mass is 201 g/mol. The van der Waals surface area contributed by atoms with E-state index >= 15 is 0 Å². The second-order valence-corrected chi connectivity index (χ2v) is 3.68. The summed E-state index contributed by atoms with van der Waals surface area (Å²) in [4.78, 5) is 8.61. The third-order valence-corrected chi connectivity index (χ3v) is 2.41. The normalized spacial score (nSPS) is 15.6. The number of aliphatic imine (C=N–C) groups is 2. The molecule has 0 saturated carbocycles. The molecule has 1 aliphatic heterocycles. The molecule has 0 fully saturated rings. The van der Waals surface area contributed by atoms with Crippen LogP contribution >= 0.6 is 0 Å². The molecule has 78 valence electrons. The highest BCUT2D eigenvalue weighted by atomic mass is 15.1. The average Bonchev–Trinajstić information content (AvgIpc) is 2.22. The van der Waals surface area contributed by atoms with E-state index in [0.29, 0.717) is 0 Å². The van der Waals surface area contributed by atoms with E-state index in [1.165, 1.54) is 5.56 Å². The van der Waals surface area contributed by atoms with E-state index in [1.807, 2.05) is 19.1 Å². The zero-order valence-electron chi connectivity index (χ0n) is 9.12. The van der Waals surface area contributed by atoms with Gasteiger partial charge in [0.25, 0.3) is 0 Å². The molecular formula is C12H15N3. The highest BCUT2D eigenvalue weighted by Crippen LogP contribution is 2.14. The molecule has 1 aliphatic rings. The Balaban J connectivity index is 2.16. The van der Waals surface area contributed by atoms with E-state index in [-0.39, 0.29) is 0 Å². The van der Waals surface area contributed by atoms with Gasteiger partial charge in [0.15, 0.2) is 0 Å². The summed E-state index contributed by atoms with van der Waals surface area (Å²) in [5.74, 6) is 1.87. The van der Waals surface area contributed by atoms with Crippen molar-refractivity contribution in [3.05, 3.63) is 29.8 Å². The van der Waals surface area contributed by atoms with Gasteiger partial charge < -0.3 is 5.32 Å². The van der Waals surface area contributed by atoms with E-state index in [4.69, 9.17) is 0 Å². The molecular weight excluding hydrogens is 186 g/mol. The Labute approximate surface area is 90.0 Å². The fourth-order valence-corrected chi connectivity index (χ4v) is 1.57. The summed E-state index contributed by atoms with van der Waals surface area (Å²) >= 11 is 0. The van der Waals surface area contributed by atoms with Crippen molar-refractivity contribution in [1.82, 2.24) is 0 Å². The van der Waals surface area contributed by atoms with Gasteiger partial charge >= 0.3 is 0 Å². The molecule has 1 aromatic rings. The van der Waals surface area contributed by atoms with Crippen LogP contribution in [0.2, 0.25) is 0 Å². The molecule has 1 aromatic carbocycles. The molecule has 2 rings (SSSR count). The maximum atomic E-state index is 4.37. The number of aryl methyl sites for hydroxylation is 1. The minimum Gasteiger partial charge on any atom is -0.343 e. The van der Waals surface area contributed by atoms with Gasteiger partial charge in [-0.15, -0.1) is 0 Å². The first-order chi connectivity index (χ1) is 7.25. The standard InChI is InChI=1S/C12H15N3/c1-9-5-3-4-6-11(9)15-12-7-8-13-10(2)14-12/h3-6H,7-8H2,1-2H3,(H,13,14,15). The van der Waals surface area contributed by atoms with Crippen LogP contribution in [0.5, 0.6) is 0 Å². The zero-order valence-corrected chi connectivity index (χ0v) is 9.12. The molecule has 0 aliphatic carbocycles. The summed E-state index contributed by atoms with van der Waals surface area (Å²) in [6.07, 6.45) is 0.895. The van der Waals surface area contributed by atoms with Gasteiger partial charge in [-0.3, -0.25) is 4.99 Å². The highest BCUT2D eigenvalue weighted by Gasteiger charge is 2.06. The van der Waals surface area contributed by atoms with E-state index in [0.717, 1.165) is 30.3 Å². The van der Waals surface area contributed by atoms with Crippen LogP contribution in [0.15, 0.2) is 34.3 Å². The molecule has 3 heteroatoms. The van der Waals surface area contributed by atoms with Crippen LogP contribution in [0.4, 0.5) is 5.69 Å². The van der Waals surface area contributed by atoms with Crippen LogP contribution in [-0.4, -0.2) is 18.2 Å². The van der Waals surface area contributed by atoms with Crippen LogP contribution in [0.3, 0.4) is 0 Å². The Morgan fingerprint density at radius 2 is 2.00 bits per heavy atom. The number of nitrogens with zero attached hydrogens (tertiary/aromatic N) is 2. The van der Waals surface area contributed by atoms with Gasteiger partial charge in [-0.05, 0) is 25.5 Å². The molecule has 0 unspecified atom stereocenters. The molecule has 1 heterocycles. The van der Waals surface area contributed by atoms with E-state index in [1.54, 1.807) is 0 Å². The predicted octanol–water partition coefficient (Wildman–Crippen LogP) is 2.63. The van der Waals surface area contributed by atoms with Gasteiger partial charge in [-0.2, -0.15) is 0 Å². The number of hydrogen-bond acceptors (Lipinski definition) is 3. The van der Waals surface area contributed by atoms with Crippen molar-refractivity contribution in [3.63, 3.8) is 0 Å². The van der Waals surface area contributed by atoms with Crippen molar-refractivity contribution in [2.75, 3.05) is 11.9 Å². The lowest BCUT2D eigenvalue weighted by Crippen LogP contribution is -2.18. The quantitative estimate of drug-likeness (QED) is 0.745. The summed E-state index contributed by atoms with van der Waals surface area (Å²) in [6.45, 7) is 4.86. The number of benzene rings is 1. The maximum absolute atomic E-state index is 4.37. The Morgan fingerprint density at radius 3 is 2.73 bits per heavy atom. The minimum atomic E-state index is 0.837. The van der Waals surface area contributed by atoms with Crippen LogP contribution in [0.1, 0.15) is 18.9 Å². The van der Waals surface area contributed by atoms with Crippen LogP contribution in [0, 0.1) is 6.92 Å². The highest BCUT2D eigenvalue weighted by molar-refractivity contribution is 6.04. The summed E-state index contributed by atoms with van der Waals surface area (Å²) in [7, 11) is 0. The fraction of sp³-hybridized carbons (Fsp3) is 0.333. The second kappa shape index (κ2) is 4.26. The van der Waals surface area contributed by atoms with Crippen molar-refractivity contribution < 1.29 is 0 Å². The summed E-state index contributed by atoms with van der Waals surface area (Å²) < 4.78 is 0. The van der Waals surface area contributed by atoms with E-state index in [2.05, 4.69) is 34.4 Å². The average molecular weight is 201 g/mol. The van der Waals surface area contributed by atoms with Crippen molar-refractivity contribution in [2.45, 2.75) is 20.3 Å². The Morgan fingerprint density at radius 1 is 1.20 bits per heavy atom. The van der Waals surface area contributed by atoms with Crippen molar-refractivity contribution in [3.8, 4) is 0 Å². The molecule has 0 amide bonds. The molecule has 0 spiro atoms. The fourth-order valence-electron chi connectivity index (χ4n) is 1.57. The lowest BCUT2D eigenvalue weighted by molar-refractivity contribution is 1.01.